The Morgan fingerprint density at radius 3 is 2.68 bits per heavy atom. The monoisotopic (exact) mass is 501 g/mol. The Labute approximate surface area is 214 Å². The maximum absolute atomic E-state index is 13.1. The Morgan fingerprint density at radius 1 is 1.11 bits per heavy atom. The van der Waals surface area contributed by atoms with Crippen LogP contribution in [0.4, 0.5) is 22.9 Å². The first-order valence-electron chi connectivity index (χ1n) is 12.5. The summed E-state index contributed by atoms with van der Waals surface area (Å²) in [5.41, 5.74) is 4.80. The lowest BCUT2D eigenvalue weighted by molar-refractivity contribution is 0.102. The van der Waals surface area contributed by atoms with Gasteiger partial charge in [-0.25, -0.2) is 14.8 Å². The third-order valence-corrected chi connectivity index (χ3v) is 6.75. The fourth-order valence-corrected chi connectivity index (χ4v) is 4.42. The van der Waals surface area contributed by atoms with Gasteiger partial charge in [0, 0.05) is 48.5 Å². The normalized spacial score (nSPS) is 14.5. The molecule has 37 heavy (non-hydrogen) atoms. The molecule has 3 N–H and O–H groups in total. The van der Waals surface area contributed by atoms with Crippen molar-refractivity contribution >= 4 is 40.0 Å². The van der Waals surface area contributed by atoms with Gasteiger partial charge in [0.15, 0.2) is 5.65 Å². The van der Waals surface area contributed by atoms with Crippen molar-refractivity contribution in [1.29, 1.82) is 0 Å². The van der Waals surface area contributed by atoms with E-state index in [1.165, 1.54) is 0 Å². The van der Waals surface area contributed by atoms with Crippen LogP contribution in [0, 0.1) is 6.92 Å². The highest BCUT2D eigenvalue weighted by molar-refractivity contribution is 6.05. The van der Waals surface area contributed by atoms with Crippen molar-refractivity contribution in [1.82, 2.24) is 19.5 Å². The fraction of sp³-hybridized carbons (Fsp3) is 0.333. The molecule has 1 aromatic carbocycles. The number of aromatic nitrogens is 4. The molecule has 1 unspecified atom stereocenters. The van der Waals surface area contributed by atoms with Gasteiger partial charge in [-0.15, -0.1) is 0 Å². The van der Waals surface area contributed by atoms with E-state index in [-0.39, 0.29) is 17.6 Å². The quantitative estimate of drug-likeness (QED) is 0.347. The van der Waals surface area contributed by atoms with Crippen LogP contribution in [-0.2, 0) is 4.74 Å². The van der Waals surface area contributed by atoms with Gasteiger partial charge in [-0.3, -0.25) is 9.36 Å². The Balaban J connectivity index is 1.38. The topological polar surface area (TPSA) is 117 Å². The maximum Gasteiger partial charge on any atom is 0.327 e. The zero-order valence-electron chi connectivity index (χ0n) is 21.2. The Morgan fingerprint density at radius 2 is 1.89 bits per heavy atom. The molecule has 3 aromatic heterocycles. The molecule has 5 rings (SSSR count). The summed E-state index contributed by atoms with van der Waals surface area (Å²) >= 11 is 0. The van der Waals surface area contributed by atoms with Gasteiger partial charge in [-0.2, -0.15) is 0 Å². The number of nitrogens with zero attached hydrogens (tertiary/aromatic N) is 4. The SMILES string of the molecule is CCC(C)n1c(=O)[nH]c2c(Nc3cc(NC(=O)c4ccnc(N5CCOCC5)c4)ccc3C)ccnc21. The van der Waals surface area contributed by atoms with Gasteiger partial charge >= 0.3 is 5.69 Å². The Bertz CT molecular complexity index is 1490. The van der Waals surface area contributed by atoms with Gasteiger partial charge in [0.25, 0.3) is 5.91 Å². The number of carbonyl (C=O) groups excluding carboxylic acids is 1. The Kier molecular flexibility index (Phi) is 6.91. The molecule has 10 nitrogen and oxygen atoms in total. The third kappa shape index (κ3) is 5.05. The number of aryl methyl sites for hydroxylation is 1. The van der Waals surface area contributed by atoms with E-state index in [1.807, 2.05) is 45.0 Å². The lowest BCUT2D eigenvalue weighted by Gasteiger charge is -2.27. The number of hydrogen-bond donors (Lipinski definition) is 3. The second kappa shape index (κ2) is 10.4. The van der Waals surface area contributed by atoms with Crippen LogP contribution >= 0.6 is 0 Å². The van der Waals surface area contributed by atoms with Gasteiger partial charge in [-0.05, 0) is 56.2 Å². The smallest absolute Gasteiger partial charge is 0.327 e. The van der Waals surface area contributed by atoms with Crippen LogP contribution < -0.4 is 21.2 Å². The summed E-state index contributed by atoms with van der Waals surface area (Å²) in [5.74, 6) is 0.551. The molecule has 0 spiro atoms. The van der Waals surface area contributed by atoms with Crippen molar-refractivity contribution in [2.45, 2.75) is 33.2 Å². The van der Waals surface area contributed by atoms with Gasteiger partial charge in [0.1, 0.15) is 11.3 Å². The first-order chi connectivity index (χ1) is 17.9. The number of rotatable bonds is 7. The summed E-state index contributed by atoms with van der Waals surface area (Å²) in [6, 6.07) is 11.1. The van der Waals surface area contributed by atoms with Crippen molar-refractivity contribution < 1.29 is 9.53 Å². The van der Waals surface area contributed by atoms with E-state index in [0.29, 0.717) is 35.6 Å². The van der Waals surface area contributed by atoms with Crippen LogP contribution in [0.2, 0.25) is 0 Å². The van der Waals surface area contributed by atoms with Crippen molar-refractivity contribution in [2.24, 2.45) is 0 Å². The number of imidazole rings is 1. The molecular formula is C27H31N7O3. The van der Waals surface area contributed by atoms with Crippen molar-refractivity contribution in [3.63, 3.8) is 0 Å². The van der Waals surface area contributed by atoms with Crippen LogP contribution in [-0.4, -0.2) is 51.7 Å². The fourth-order valence-electron chi connectivity index (χ4n) is 4.42. The summed E-state index contributed by atoms with van der Waals surface area (Å²) in [4.78, 5) is 39.6. The number of nitrogens with one attached hydrogen (secondary N) is 3. The minimum Gasteiger partial charge on any atom is -0.378 e. The predicted molar refractivity (Wildman–Crippen MR) is 145 cm³/mol. The van der Waals surface area contributed by atoms with Gasteiger partial charge in [0.2, 0.25) is 0 Å². The number of morpholine rings is 1. The number of pyridine rings is 2. The number of amides is 1. The van der Waals surface area contributed by atoms with Gasteiger partial charge < -0.3 is 25.3 Å². The molecule has 1 fully saturated rings. The molecule has 1 amide bonds. The molecule has 1 saturated heterocycles. The Hall–Kier alpha value is -4.18. The van der Waals surface area contributed by atoms with Crippen LogP contribution in [0.25, 0.3) is 11.2 Å². The summed E-state index contributed by atoms with van der Waals surface area (Å²) in [6.45, 7) is 8.82. The predicted octanol–water partition coefficient (Wildman–Crippen LogP) is 4.23. The molecule has 1 atom stereocenters. The molecule has 0 bridgehead atoms. The standard InChI is InChI=1S/C27H31N7O3/c1-4-18(3)34-25-24(32-27(34)36)21(8-10-29-25)31-22-16-20(6-5-17(22)2)30-26(35)19-7-9-28-23(15-19)33-11-13-37-14-12-33/h5-10,15-16,18H,4,11-14H2,1-3H3,(H,29,31)(H,30,35)(H,32,36). The lowest BCUT2D eigenvalue weighted by atomic mass is 10.1. The minimum absolute atomic E-state index is 0.0289. The van der Waals surface area contributed by atoms with Gasteiger partial charge in [-0.1, -0.05) is 13.0 Å². The summed E-state index contributed by atoms with van der Waals surface area (Å²) in [7, 11) is 0. The van der Waals surface area contributed by atoms with Crippen molar-refractivity contribution in [3.05, 3.63) is 70.4 Å². The number of hydrogen-bond acceptors (Lipinski definition) is 7. The van der Waals surface area contributed by atoms with Crippen LogP contribution in [0.15, 0.2) is 53.6 Å². The zero-order chi connectivity index (χ0) is 25.9. The maximum atomic E-state index is 13.1. The highest BCUT2D eigenvalue weighted by Crippen LogP contribution is 2.28. The summed E-state index contributed by atoms with van der Waals surface area (Å²) in [6.07, 6.45) is 4.16. The molecule has 4 aromatic rings. The largest absolute Gasteiger partial charge is 0.378 e. The first-order valence-corrected chi connectivity index (χ1v) is 12.5. The molecule has 1 aliphatic rings. The summed E-state index contributed by atoms with van der Waals surface area (Å²) < 4.78 is 7.10. The second-order valence-electron chi connectivity index (χ2n) is 9.23. The van der Waals surface area contributed by atoms with E-state index in [1.54, 1.807) is 29.1 Å². The van der Waals surface area contributed by atoms with E-state index >= 15 is 0 Å². The molecule has 0 radical (unpaired) electrons. The molecule has 0 aliphatic carbocycles. The number of H-pyrrole nitrogens is 1. The number of benzene rings is 1. The highest BCUT2D eigenvalue weighted by atomic mass is 16.5. The number of aromatic amines is 1. The third-order valence-electron chi connectivity index (χ3n) is 6.75. The number of fused-ring (bicyclic) bond motifs is 1. The number of carbonyl (C=O) groups is 1. The number of ether oxygens (including phenoxy) is 1. The molecule has 0 saturated carbocycles. The van der Waals surface area contributed by atoms with Gasteiger partial charge in [0.05, 0.1) is 18.9 Å². The zero-order valence-corrected chi connectivity index (χ0v) is 21.2. The van der Waals surface area contributed by atoms with Crippen LogP contribution in [0.3, 0.4) is 0 Å². The van der Waals surface area contributed by atoms with Crippen molar-refractivity contribution in [2.75, 3.05) is 41.8 Å². The van der Waals surface area contributed by atoms with Crippen LogP contribution in [0.5, 0.6) is 0 Å². The minimum atomic E-state index is -0.215. The molecular weight excluding hydrogens is 470 g/mol. The highest BCUT2D eigenvalue weighted by Gasteiger charge is 2.17. The van der Waals surface area contributed by atoms with Crippen LogP contribution in [0.1, 0.15) is 42.2 Å². The van der Waals surface area contributed by atoms with E-state index in [9.17, 15) is 9.59 Å². The molecule has 10 heteroatoms. The number of anilines is 4. The van der Waals surface area contributed by atoms with Crippen molar-refractivity contribution in [3.8, 4) is 0 Å². The van der Waals surface area contributed by atoms with E-state index in [0.717, 1.165) is 42.3 Å². The average Bonchev–Trinajstić information content (AvgIpc) is 3.27. The van der Waals surface area contributed by atoms with E-state index in [2.05, 4.69) is 30.5 Å². The van der Waals surface area contributed by atoms with E-state index < -0.39 is 0 Å². The average molecular weight is 502 g/mol. The first kappa shape index (κ1) is 24.5. The molecule has 1 aliphatic heterocycles. The molecule has 192 valence electrons. The lowest BCUT2D eigenvalue weighted by Crippen LogP contribution is -2.36. The second-order valence-corrected chi connectivity index (χ2v) is 9.23. The summed E-state index contributed by atoms with van der Waals surface area (Å²) in [5, 5.41) is 6.41. The van der Waals surface area contributed by atoms with E-state index in [4.69, 9.17) is 4.74 Å². The molecule has 4 heterocycles.